The SMILES string of the molecule is CCOCC(C)OCc1ccc(CNC(C)C)o1. The summed E-state index contributed by atoms with van der Waals surface area (Å²) in [7, 11) is 0. The highest BCUT2D eigenvalue weighted by Gasteiger charge is 2.06. The van der Waals surface area contributed by atoms with E-state index in [0.29, 0.717) is 19.3 Å². The Hall–Kier alpha value is -0.840. The van der Waals surface area contributed by atoms with Crippen LogP contribution in [0.4, 0.5) is 0 Å². The fraction of sp³-hybridized carbons (Fsp3) is 0.714. The van der Waals surface area contributed by atoms with Crippen LogP contribution in [0.1, 0.15) is 39.2 Å². The van der Waals surface area contributed by atoms with Crippen molar-refractivity contribution in [1.29, 1.82) is 0 Å². The Labute approximate surface area is 110 Å². The van der Waals surface area contributed by atoms with Crippen molar-refractivity contribution in [2.45, 2.75) is 53.0 Å². The van der Waals surface area contributed by atoms with Gasteiger partial charge in [0.25, 0.3) is 0 Å². The normalized spacial score (nSPS) is 13.2. The zero-order valence-electron chi connectivity index (χ0n) is 11.9. The molecule has 1 aromatic rings. The van der Waals surface area contributed by atoms with Gasteiger partial charge in [-0.2, -0.15) is 0 Å². The summed E-state index contributed by atoms with van der Waals surface area (Å²) in [5.74, 6) is 1.80. The maximum Gasteiger partial charge on any atom is 0.129 e. The molecule has 0 saturated carbocycles. The number of rotatable bonds is 9. The molecule has 0 spiro atoms. The second kappa shape index (κ2) is 8.29. The van der Waals surface area contributed by atoms with Crippen molar-refractivity contribution in [2.75, 3.05) is 13.2 Å². The van der Waals surface area contributed by atoms with E-state index in [2.05, 4.69) is 19.2 Å². The highest BCUT2D eigenvalue weighted by Crippen LogP contribution is 2.10. The van der Waals surface area contributed by atoms with Crippen LogP contribution < -0.4 is 5.32 Å². The van der Waals surface area contributed by atoms with Crippen molar-refractivity contribution < 1.29 is 13.9 Å². The van der Waals surface area contributed by atoms with Gasteiger partial charge in [0.05, 0.1) is 19.3 Å². The van der Waals surface area contributed by atoms with Gasteiger partial charge in [0, 0.05) is 12.6 Å². The lowest BCUT2D eigenvalue weighted by Gasteiger charge is -2.11. The van der Waals surface area contributed by atoms with Crippen molar-refractivity contribution in [2.24, 2.45) is 0 Å². The molecule has 18 heavy (non-hydrogen) atoms. The van der Waals surface area contributed by atoms with Gasteiger partial charge in [-0.25, -0.2) is 0 Å². The summed E-state index contributed by atoms with van der Waals surface area (Å²) in [4.78, 5) is 0. The van der Waals surface area contributed by atoms with Gasteiger partial charge in [-0.3, -0.25) is 0 Å². The summed E-state index contributed by atoms with van der Waals surface area (Å²) in [5.41, 5.74) is 0. The monoisotopic (exact) mass is 255 g/mol. The molecule has 0 saturated heterocycles. The lowest BCUT2D eigenvalue weighted by atomic mass is 10.3. The topological polar surface area (TPSA) is 43.6 Å². The van der Waals surface area contributed by atoms with Gasteiger partial charge in [0.1, 0.15) is 18.1 Å². The van der Waals surface area contributed by atoms with E-state index in [1.165, 1.54) is 0 Å². The molecule has 1 rings (SSSR count). The van der Waals surface area contributed by atoms with Crippen LogP contribution in [0.2, 0.25) is 0 Å². The zero-order chi connectivity index (χ0) is 13.4. The lowest BCUT2D eigenvalue weighted by molar-refractivity contribution is -0.0173. The molecule has 4 heteroatoms. The first kappa shape index (κ1) is 15.2. The van der Waals surface area contributed by atoms with Gasteiger partial charge in [-0.15, -0.1) is 0 Å². The Morgan fingerprint density at radius 3 is 2.61 bits per heavy atom. The average molecular weight is 255 g/mol. The Kier molecular flexibility index (Phi) is 7.01. The largest absolute Gasteiger partial charge is 0.462 e. The quantitative estimate of drug-likeness (QED) is 0.737. The zero-order valence-corrected chi connectivity index (χ0v) is 11.9. The van der Waals surface area contributed by atoms with E-state index >= 15 is 0 Å². The van der Waals surface area contributed by atoms with Crippen molar-refractivity contribution in [3.05, 3.63) is 23.7 Å². The minimum atomic E-state index is 0.0901. The third-order valence-corrected chi connectivity index (χ3v) is 2.47. The first-order valence-corrected chi connectivity index (χ1v) is 6.62. The number of ether oxygens (including phenoxy) is 2. The van der Waals surface area contributed by atoms with E-state index < -0.39 is 0 Å². The number of nitrogens with one attached hydrogen (secondary N) is 1. The van der Waals surface area contributed by atoms with E-state index in [9.17, 15) is 0 Å². The van der Waals surface area contributed by atoms with Gasteiger partial charge >= 0.3 is 0 Å². The third-order valence-electron chi connectivity index (χ3n) is 2.47. The van der Waals surface area contributed by atoms with E-state index in [0.717, 1.165) is 24.7 Å². The Morgan fingerprint density at radius 1 is 1.22 bits per heavy atom. The minimum Gasteiger partial charge on any atom is -0.462 e. The molecule has 0 aliphatic heterocycles. The van der Waals surface area contributed by atoms with Gasteiger partial charge in [-0.05, 0) is 26.0 Å². The molecule has 0 fully saturated rings. The molecule has 0 aliphatic rings. The van der Waals surface area contributed by atoms with E-state index in [1.54, 1.807) is 0 Å². The molecule has 1 aromatic heterocycles. The molecular weight excluding hydrogens is 230 g/mol. The number of furan rings is 1. The van der Waals surface area contributed by atoms with Crippen molar-refractivity contribution in [3.63, 3.8) is 0 Å². The van der Waals surface area contributed by atoms with E-state index in [4.69, 9.17) is 13.9 Å². The third kappa shape index (κ3) is 6.19. The van der Waals surface area contributed by atoms with Crippen molar-refractivity contribution in [1.82, 2.24) is 5.32 Å². The molecule has 1 heterocycles. The second-order valence-electron chi connectivity index (χ2n) is 4.68. The first-order valence-electron chi connectivity index (χ1n) is 6.62. The van der Waals surface area contributed by atoms with Gasteiger partial charge < -0.3 is 19.2 Å². The average Bonchev–Trinajstić information content (AvgIpc) is 2.79. The highest BCUT2D eigenvalue weighted by molar-refractivity contribution is 5.06. The minimum absolute atomic E-state index is 0.0901. The maximum absolute atomic E-state index is 5.66. The lowest BCUT2D eigenvalue weighted by Crippen LogP contribution is -2.21. The Morgan fingerprint density at radius 2 is 1.94 bits per heavy atom. The fourth-order valence-electron chi connectivity index (χ4n) is 1.46. The van der Waals surface area contributed by atoms with Crippen LogP contribution in [-0.2, 0) is 22.6 Å². The molecule has 1 atom stereocenters. The highest BCUT2D eigenvalue weighted by atomic mass is 16.5. The molecular formula is C14H25NO3. The summed E-state index contributed by atoms with van der Waals surface area (Å²) in [5, 5.41) is 3.31. The van der Waals surface area contributed by atoms with Crippen LogP contribution in [0.3, 0.4) is 0 Å². The molecule has 0 radical (unpaired) electrons. The molecule has 0 bridgehead atoms. The molecule has 104 valence electrons. The Balaban J connectivity index is 2.26. The van der Waals surface area contributed by atoms with Crippen LogP contribution in [0.25, 0.3) is 0 Å². The predicted molar refractivity (Wildman–Crippen MR) is 71.4 cm³/mol. The fourth-order valence-corrected chi connectivity index (χ4v) is 1.46. The smallest absolute Gasteiger partial charge is 0.129 e. The van der Waals surface area contributed by atoms with Crippen LogP contribution in [0.5, 0.6) is 0 Å². The number of hydrogen-bond donors (Lipinski definition) is 1. The molecule has 0 aromatic carbocycles. The van der Waals surface area contributed by atoms with Gasteiger partial charge in [0.15, 0.2) is 0 Å². The van der Waals surface area contributed by atoms with Crippen LogP contribution >= 0.6 is 0 Å². The molecule has 4 nitrogen and oxygen atoms in total. The summed E-state index contributed by atoms with van der Waals surface area (Å²) >= 11 is 0. The summed E-state index contributed by atoms with van der Waals surface area (Å²) in [6.45, 7) is 10.8. The van der Waals surface area contributed by atoms with Gasteiger partial charge in [-0.1, -0.05) is 13.8 Å². The van der Waals surface area contributed by atoms with Crippen LogP contribution in [0.15, 0.2) is 16.5 Å². The molecule has 1 unspecified atom stereocenters. The maximum atomic E-state index is 5.66. The van der Waals surface area contributed by atoms with E-state index in [1.807, 2.05) is 26.0 Å². The summed E-state index contributed by atoms with van der Waals surface area (Å²) in [6, 6.07) is 4.41. The molecule has 1 N–H and O–H groups in total. The van der Waals surface area contributed by atoms with E-state index in [-0.39, 0.29) is 6.10 Å². The summed E-state index contributed by atoms with van der Waals surface area (Å²) < 4.78 is 16.6. The Bertz CT molecular complexity index is 323. The molecule has 0 aliphatic carbocycles. The van der Waals surface area contributed by atoms with Crippen molar-refractivity contribution in [3.8, 4) is 0 Å². The van der Waals surface area contributed by atoms with Crippen LogP contribution in [-0.4, -0.2) is 25.4 Å². The van der Waals surface area contributed by atoms with Crippen LogP contribution in [0, 0.1) is 0 Å². The standard InChI is InChI=1S/C14H25NO3/c1-5-16-9-12(4)17-10-14-7-6-13(18-14)8-15-11(2)3/h6-7,11-12,15H,5,8-10H2,1-4H3. The molecule has 0 amide bonds. The number of hydrogen-bond acceptors (Lipinski definition) is 4. The van der Waals surface area contributed by atoms with Crippen molar-refractivity contribution >= 4 is 0 Å². The predicted octanol–water partition coefficient (Wildman–Crippen LogP) is 2.72. The van der Waals surface area contributed by atoms with Gasteiger partial charge in [0.2, 0.25) is 0 Å². The summed E-state index contributed by atoms with van der Waals surface area (Å²) in [6.07, 6.45) is 0.0901. The first-order chi connectivity index (χ1) is 8.61. The second-order valence-corrected chi connectivity index (χ2v) is 4.68.